The zero-order valence-electron chi connectivity index (χ0n) is 12.4. The van der Waals surface area contributed by atoms with Gasteiger partial charge in [0.1, 0.15) is 5.69 Å². The van der Waals surface area contributed by atoms with E-state index in [2.05, 4.69) is 41.5 Å². The number of methoxy groups -OCH3 is 1. The van der Waals surface area contributed by atoms with E-state index in [-0.39, 0.29) is 0 Å². The molecule has 1 heterocycles. The molecule has 0 radical (unpaired) electrons. The first kappa shape index (κ1) is 14.7. The molecule has 2 rings (SSSR count). The standard InChI is InChI=1S/C16H23N3O/c1-3-4-5-6-7-14-8-10-16(11-9-14)19-12-15(13-20-2)17-18-19/h8-12H,3-7,13H2,1-2H3. The van der Waals surface area contributed by atoms with E-state index in [1.165, 1.54) is 31.2 Å². The summed E-state index contributed by atoms with van der Waals surface area (Å²) in [4.78, 5) is 0. The third-order valence-corrected chi connectivity index (χ3v) is 3.35. The highest BCUT2D eigenvalue weighted by Crippen LogP contribution is 2.12. The predicted octanol–water partition coefficient (Wildman–Crippen LogP) is 3.54. The number of hydrogen-bond acceptors (Lipinski definition) is 3. The van der Waals surface area contributed by atoms with Gasteiger partial charge >= 0.3 is 0 Å². The molecular formula is C16H23N3O. The van der Waals surface area contributed by atoms with Gasteiger partial charge in [0.2, 0.25) is 0 Å². The molecule has 0 atom stereocenters. The minimum Gasteiger partial charge on any atom is -0.378 e. The first-order chi connectivity index (χ1) is 9.83. The largest absolute Gasteiger partial charge is 0.378 e. The van der Waals surface area contributed by atoms with E-state index in [0.717, 1.165) is 17.8 Å². The third-order valence-electron chi connectivity index (χ3n) is 3.35. The molecule has 2 aromatic rings. The molecule has 0 bridgehead atoms. The molecule has 0 N–H and O–H groups in total. The SMILES string of the molecule is CCCCCCc1ccc(-n2cc(COC)nn2)cc1. The van der Waals surface area contributed by atoms with Gasteiger partial charge in [-0.2, -0.15) is 0 Å². The van der Waals surface area contributed by atoms with Gasteiger partial charge in [0.05, 0.1) is 18.5 Å². The van der Waals surface area contributed by atoms with E-state index < -0.39 is 0 Å². The van der Waals surface area contributed by atoms with Crippen LogP contribution in [0.3, 0.4) is 0 Å². The van der Waals surface area contributed by atoms with Crippen LogP contribution in [-0.2, 0) is 17.8 Å². The third kappa shape index (κ3) is 4.17. The summed E-state index contributed by atoms with van der Waals surface area (Å²) in [5, 5.41) is 8.17. The monoisotopic (exact) mass is 273 g/mol. The van der Waals surface area contributed by atoms with Gasteiger partial charge in [-0.05, 0) is 30.5 Å². The van der Waals surface area contributed by atoms with Crippen LogP contribution in [0.1, 0.15) is 43.9 Å². The van der Waals surface area contributed by atoms with Crippen LogP contribution in [0.5, 0.6) is 0 Å². The fraction of sp³-hybridized carbons (Fsp3) is 0.500. The molecule has 4 heteroatoms. The lowest BCUT2D eigenvalue weighted by Crippen LogP contribution is -1.95. The Morgan fingerprint density at radius 1 is 1.10 bits per heavy atom. The molecule has 0 spiro atoms. The highest BCUT2D eigenvalue weighted by atomic mass is 16.5. The smallest absolute Gasteiger partial charge is 0.109 e. The second kappa shape index (κ2) is 7.80. The zero-order valence-corrected chi connectivity index (χ0v) is 12.4. The molecule has 0 amide bonds. The summed E-state index contributed by atoms with van der Waals surface area (Å²) >= 11 is 0. The molecular weight excluding hydrogens is 250 g/mol. The Morgan fingerprint density at radius 3 is 2.60 bits per heavy atom. The molecule has 4 nitrogen and oxygen atoms in total. The van der Waals surface area contributed by atoms with Crippen molar-refractivity contribution in [1.82, 2.24) is 15.0 Å². The molecule has 0 aliphatic carbocycles. The van der Waals surface area contributed by atoms with Gasteiger partial charge in [-0.1, -0.05) is 43.5 Å². The maximum absolute atomic E-state index is 5.04. The van der Waals surface area contributed by atoms with E-state index in [9.17, 15) is 0 Å². The second-order valence-electron chi connectivity index (χ2n) is 5.06. The summed E-state index contributed by atoms with van der Waals surface area (Å²) in [5.41, 5.74) is 3.27. The van der Waals surface area contributed by atoms with Gasteiger partial charge in [0.15, 0.2) is 0 Å². The maximum Gasteiger partial charge on any atom is 0.109 e. The van der Waals surface area contributed by atoms with Crippen LogP contribution in [0.15, 0.2) is 30.5 Å². The number of hydrogen-bond donors (Lipinski definition) is 0. The van der Waals surface area contributed by atoms with E-state index in [4.69, 9.17) is 4.74 Å². The molecule has 0 saturated heterocycles. The van der Waals surface area contributed by atoms with Crippen LogP contribution in [0.2, 0.25) is 0 Å². The normalized spacial score (nSPS) is 10.9. The number of nitrogens with zero attached hydrogens (tertiary/aromatic N) is 3. The number of aryl methyl sites for hydroxylation is 1. The molecule has 1 aromatic heterocycles. The van der Waals surface area contributed by atoms with Crippen molar-refractivity contribution in [2.75, 3.05) is 7.11 Å². The van der Waals surface area contributed by atoms with E-state index in [0.29, 0.717) is 6.61 Å². The summed E-state index contributed by atoms with van der Waals surface area (Å²) < 4.78 is 6.83. The molecule has 108 valence electrons. The van der Waals surface area contributed by atoms with Crippen LogP contribution in [0.4, 0.5) is 0 Å². The van der Waals surface area contributed by atoms with E-state index in [1.54, 1.807) is 11.8 Å². The molecule has 20 heavy (non-hydrogen) atoms. The predicted molar refractivity (Wildman–Crippen MR) is 79.9 cm³/mol. The Hall–Kier alpha value is -1.68. The van der Waals surface area contributed by atoms with Gasteiger partial charge in [-0.3, -0.25) is 0 Å². The lowest BCUT2D eigenvalue weighted by Gasteiger charge is -2.04. The molecule has 1 aromatic carbocycles. The van der Waals surface area contributed by atoms with E-state index >= 15 is 0 Å². The van der Waals surface area contributed by atoms with Crippen LogP contribution < -0.4 is 0 Å². The number of aromatic nitrogens is 3. The zero-order chi connectivity index (χ0) is 14.2. The van der Waals surface area contributed by atoms with Crippen molar-refractivity contribution in [3.63, 3.8) is 0 Å². The van der Waals surface area contributed by atoms with Crippen molar-refractivity contribution >= 4 is 0 Å². The highest BCUT2D eigenvalue weighted by molar-refractivity contribution is 5.33. The van der Waals surface area contributed by atoms with Crippen molar-refractivity contribution < 1.29 is 4.74 Å². The van der Waals surface area contributed by atoms with Gasteiger partial charge in [0, 0.05) is 7.11 Å². The molecule has 0 fully saturated rings. The minimum absolute atomic E-state index is 0.496. The number of unbranched alkanes of at least 4 members (excludes halogenated alkanes) is 3. The Morgan fingerprint density at radius 2 is 1.90 bits per heavy atom. The van der Waals surface area contributed by atoms with Crippen LogP contribution >= 0.6 is 0 Å². The maximum atomic E-state index is 5.04. The van der Waals surface area contributed by atoms with Crippen molar-refractivity contribution in [2.45, 2.75) is 45.6 Å². The Bertz CT molecular complexity index is 505. The van der Waals surface area contributed by atoms with Crippen LogP contribution in [0, 0.1) is 0 Å². The molecule has 0 aliphatic rings. The van der Waals surface area contributed by atoms with Crippen molar-refractivity contribution in [1.29, 1.82) is 0 Å². The summed E-state index contributed by atoms with van der Waals surface area (Å²) in [7, 11) is 1.66. The molecule has 0 saturated carbocycles. The van der Waals surface area contributed by atoms with Gasteiger partial charge in [-0.15, -0.1) is 5.10 Å². The Kier molecular flexibility index (Phi) is 5.74. The van der Waals surface area contributed by atoms with Crippen molar-refractivity contribution in [3.8, 4) is 5.69 Å². The summed E-state index contributed by atoms with van der Waals surface area (Å²) in [6, 6.07) is 8.55. The number of ether oxygens (including phenoxy) is 1. The fourth-order valence-corrected chi connectivity index (χ4v) is 2.21. The van der Waals surface area contributed by atoms with Crippen LogP contribution in [0.25, 0.3) is 5.69 Å². The number of benzene rings is 1. The van der Waals surface area contributed by atoms with E-state index in [1.807, 2.05) is 6.20 Å². The van der Waals surface area contributed by atoms with Gasteiger partial charge in [-0.25, -0.2) is 4.68 Å². The molecule has 0 aliphatic heterocycles. The summed E-state index contributed by atoms with van der Waals surface area (Å²) in [5.74, 6) is 0. The average Bonchev–Trinajstić information content (AvgIpc) is 2.93. The average molecular weight is 273 g/mol. The van der Waals surface area contributed by atoms with Crippen LogP contribution in [-0.4, -0.2) is 22.1 Å². The summed E-state index contributed by atoms with van der Waals surface area (Å²) in [6.45, 7) is 2.74. The minimum atomic E-state index is 0.496. The molecule has 0 unspecified atom stereocenters. The lowest BCUT2D eigenvalue weighted by molar-refractivity contribution is 0.181. The van der Waals surface area contributed by atoms with Crippen molar-refractivity contribution in [3.05, 3.63) is 41.7 Å². The quantitative estimate of drug-likeness (QED) is 0.691. The first-order valence-electron chi connectivity index (χ1n) is 7.33. The summed E-state index contributed by atoms with van der Waals surface area (Å²) in [6.07, 6.45) is 8.27. The lowest BCUT2D eigenvalue weighted by atomic mass is 10.1. The second-order valence-corrected chi connectivity index (χ2v) is 5.06. The fourth-order valence-electron chi connectivity index (χ4n) is 2.21. The van der Waals surface area contributed by atoms with Gasteiger partial charge < -0.3 is 4.74 Å². The number of rotatable bonds is 8. The first-order valence-corrected chi connectivity index (χ1v) is 7.33. The topological polar surface area (TPSA) is 39.9 Å². The Labute approximate surface area is 120 Å². The highest BCUT2D eigenvalue weighted by Gasteiger charge is 2.02. The van der Waals surface area contributed by atoms with Gasteiger partial charge in [0.25, 0.3) is 0 Å². The Balaban J connectivity index is 1.93. The van der Waals surface area contributed by atoms with Crippen molar-refractivity contribution in [2.24, 2.45) is 0 Å².